The Hall–Kier alpha value is 0.420. The summed E-state index contributed by atoms with van der Waals surface area (Å²) in [6, 6.07) is 10.3. The molecule has 78 valence electrons. The van der Waals surface area contributed by atoms with Crippen LogP contribution in [0.1, 0.15) is 15.3 Å². The minimum atomic E-state index is 0.193. The van der Waals surface area contributed by atoms with E-state index in [1.54, 1.807) is 11.3 Å². The van der Waals surface area contributed by atoms with Crippen LogP contribution in [0.3, 0.4) is 0 Å². The lowest BCUT2D eigenvalue weighted by Crippen LogP contribution is -1.93. The second-order valence-electron chi connectivity index (χ2n) is 3.02. The summed E-state index contributed by atoms with van der Waals surface area (Å²) in [4.78, 5) is 1.36. The highest BCUT2D eigenvalue weighted by Gasteiger charge is 2.16. The van der Waals surface area contributed by atoms with Crippen LogP contribution < -0.4 is 0 Å². The first kappa shape index (κ1) is 11.9. The molecule has 0 radical (unpaired) electrons. The maximum atomic E-state index is 6.11. The van der Waals surface area contributed by atoms with E-state index >= 15 is 0 Å². The van der Waals surface area contributed by atoms with Crippen LogP contribution in [-0.4, -0.2) is 0 Å². The van der Waals surface area contributed by atoms with Gasteiger partial charge in [-0.3, -0.25) is 0 Å². The number of halogens is 3. The van der Waals surface area contributed by atoms with E-state index in [1.807, 2.05) is 23.6 Å². The standard InChI is InChI=1S/C11H7BrClIS/c12-10(11-8(13)5-6-15-11)7-3-1-2-4-9(7)14/h1-6,10H. The van der Waals surface area contributed by atoms with E-state index in [4.69, 9.17) is 11.6 Å². The van der Waals surface area contributed by atoms with Crippen molar-refractivity contribution < 1.29 is 0 Å². The van der Waals surface area contributed by atoms with Crippen molar-refractivity contribution in [3.8, 4) is 0 Å². The molecule has 0 N–H and O–H groups in total. The Kier molecular flexibility index (Phi) is 4.10. The molecule has 0 aliphatic rings. The third kappa shape index (κ3) is 2.57. The Bertz CT molecular complexity index is 469. The van der Waals surface area contributed by atoms with Gasteiger partial charge in [-0.2, -0.15) is 0 Å². The van der Waals surface area contributed by atoms with E-state index in [0.717, 1.165) is 5.02 Å². The number of hydrogen-bond acceptors (Lipinski definition) is 1. The summed E-state index contributed by atoms with van der Waals surface area (Å²) in [5, 5.41) is 2.85. The van der Waals surface area contributed by atoms with Crippen molar-refractivity contribution in [1.29, 1.82) is 0 Å². The van der Waals surface area contributed by atoms with Crippen molar-refractivity contribution in [1.82, 2.24) is 0 Å². The molecular weight excluding hydrogens is 406 g/mol. The van der Waals surface area contributed by atoms with Gasteiger partial charge in [0.05, 0.1) is 9.85 Å². The minimum absolute atomic E-state index is 0.193. The fourth-order valence-corrected chi connectivity index (χ4v) is 4.69. The van der Waals surface area contributed by atoms with Gasteiger partial charge in [-0.15, -0.1) is 11.3 Å². The van der Waals surface area contributed by atoms with E-state index in [0.29, 0.717) is 0 Å². The van der Waals surface area contributed by atoms with Crippen LogP contribution in [0.5, 0.6) is 0 Å². The zero-order chi connectivity index (χ0) is 10.8. The third-order valence-electron chi connectivity index (χ3n) is 2.05. The van der Waals surface area contributed by atoms with E-state index in [1.165, 1.54) is 14.0 Å². The van der Waals surface area contributed by atoms with Gasteiger partial charge in [-0.1, -0.05) is 45.7 Å². The van der Waals surface area contributed by atoms with Gasteiger partial charge in [-0.25, -0.2) is 0 Å². The third-order valence-corrected chi connectivity index (χ3v) is 5.71. The van der Waals surface area contributed by atoms with Gasteiger partial charge in [0, 0.05) is 8.45 Å². The summed E-state index contributed by atoms with van der Waals surface area (Å²) in [6.45, 7) is 0. The largest absolute Gasteiger partial charge is 0.146 e. The normalized spacial score (nSPS) is 12.7. The van der Waals surface area contributed by atoms with Gasteiger partial charge in [0.2, 0.25) is 0 Å². The molecule has 0 aliphatic heterocycles. The lowest BCUT2D eigenvalue weighted by Gasteiger charge is -2.10. The second kappa shape index (κ2) is 5.17. The van der Waals surface area contributed by atoms with E-state index in [9.17, 15) is 0 Å². The second-order valence-corrected chi connectivity index (χ2v) is 6.45. The molecular formula is C11H7BrClIS. The zero-order valence-electron chi connectivity index (χ0n) is 7.58. The molecule has 0 bridgehead atoms. The highest BCUT2D eigenvalue weighted by Crippen LogP contribution is 2.40. The lowest BCUT2D eigenvalue weighted by atomic mass is 10.1. The predicted molar refractivity (Wildman–Crippen MR) is 79.3 cm³/mol. The molecule has 0 aliphatic carbocycles. The van der Waals surface area contributed by atoms with Gasteiger partial charge >= 0.3 is 0 Å². The average molecular weight is 414 g/mol. The molecule has 0 fully saturated rings. The Morgan fingerprint density at radius 2 is 2.00 bits per heavy atom. The number of rotatable bonds is 2. The Balaban J connectivity index is 2.41. The summed E-state index contributed by atoms with van der Waals surface area (Å²) in [7, 11) is 0. The topological polar surface area (TPSA) is 0 Å². The van der Waals surface area contributed by atoms with Crippen LogP contribution in [0.25, 0.3) is 0 Å². The van der Waals surface area contributed by atoms with E-state index < -0.39 is 0 Å². The molecule has 2 rings (SSSR count). The van der Waals surface area contributed by atoms with Crippen LogP contribution in [0.4, 0.5) is 0 Å². The Morgan fingerprint density at radius 1 is 1.27 bits per heavy atom. The van der Waals surface area contributed by atoms with Crippen molar-refractivity contribution in [2.45, 2.75) is 4.83 Å². The molecule has 15 heavy (non-hydrogen) atoms. The molecule has 0 saturated heterocycles. The first-order valence-electron chi connectivity index (χ1n) is 4.31. The van der Waals surface area contributed by atoms with Crippen LogP contribution in [0.2, 0.25) is 5.02 Å². The number of hydrogen-bond donors (Lipinski definition) is 0. The van der Waals surface area contributed by atoms with Crippen LogP contribution in [-0.2, 0) is 0 Å². The number of thiophene rings is 1. The summed E-state index contributed by atoms with van der Waals surface area (Å²) < 4.78 is 1.25. The Labute approximate surface area is 120 Å². The highest BCUT2D eigenvalue weighted by atomic mass is 127. The predicted octanol–water partition coefficient (Wildman–Crippen LogP) is 5.49. The molecule has 1 atom stereocenters. The summed E-state index contributed by atoms with van der Waals surface area (Å²) in [5.74, 6) is 0. The zero-order valence-corrected chi connectivity index (χ0v) is 12.9. The lowest BCUT2D eigenvalue weighted by molar-refractivity contribution is 1.21. The smallest absolute Gasteiger partial charge is 0.0763 e. The fourth-order valence-electron chi connectivity index (χ4n) is 1.31. The van der Waals surface area contributed by atoms with Crippen LogP contribution in [0.15, 0.2) is 35.7 Å². The molecule has 0 spiro atoms. The van der Waals surface area contributed by atoms with E-state index in [-0.39, 0.29) is 4.83 Å². The van der Waals surface area contributed by atoms with Crippen LogP contribution in [0, 0.1) is 3.57 Å². The van der Waals surface area contributed by atoms with Gasteiger partial charge in [-0.05, 0) is 45.7 Å². The molecule has 0 saturated carbocycles. The molecule has 1 unspecified atom stereocenters. The monoisotopic (exact) mass is 412 g/mol. The number of alkyl halides is 1. The molecule has 1 aromatic carbocycles. The maximum absolute atomic E-state index is 6.11. The first-order valence-corrected chi connectivity index (χ1v) is 7.56. The van der Waals surface area contributed by atoms with Crippen LogP contribution >= 0.6 is 61.5 Å². The fraction of sp³-hybridized carbons (Fsp3) is 0.0909. The number of benzene rings is 1. The molecule has 0 nitrogen and oxygen atoms in total. The van der Waals surface area contributed by atoms with Gasteiger partial charge < -0.3 is 0 Å². The SMILES string of the molecule is Clc1ccsc1C(Br)c1ccccc1I. The first-order chi connectivity index (χ1) is 7.20. The quantitative estimate of drug-likeness (QED) is 0.451. The van der Waals surface area contributed by atoms with Gasteiger partial charge in [0.25, 0.3) is 0 Å². The minimum Gasteiger partial charge on any atom is -0.146 e. The van der Waals surface area contributed by atoms with Crippen molar-refractivity contribution in [2.24, 2.45) is 0 Å². The van der Waals surface area contributed by atoms with E-state index in [2.05, 4.69) is 50.7 Å². The molecule has 4 heteroatoms. The Morgan fingerprint density at radius 3 is 2.60 bits per heavy atom. The molecule has 1 aromatic heterocycles. The molecule has 2 aromatic rings. The van der Waals surface area contributed by atoms with Crippen molar-refractivity contribution in [3.63, 3.8) is 0 Å². The van der Waals surface area contributed by atoms with Crippen molar-refractivity contribution in [2.75, 3.05) is 0 Å². The maximum Gasteiger partial charge on any atom is 0.0763 e. The highest BCUT2D eigenvalue weighted by molar-refractivity contribution is 14.1. The van der Waals surface area contributed by atoms with Crippen molar-refractivity contribution in [3.05, 3.63) is 54.7 Å². The van der Waals surface area contributed by atoms with Gasteiger partial charge in [0.15, 0.2) is 0 Å². The van der Waals surface area contributed by atoms with Gasteiger partial charge in [0.1, 0.15) is 0 Å². The van der Waals surface area contributed by atoms with Crippen molar-refractivity contribution >= 4 is 61.5 Å². The summed E-state index contributed by atoms with van der Waals surface area (Å²) >= 11 is 13.8. The molecule has 1 heterocycles. The summed E-state index contributed by atoms with van der Waals surface area (Å²) in [5.41, 5.74) is 1.27. The molecule has 0 amide bonds. The summed E-state index contributed by atoms with van der Waals surface area (Å²) in [6.07, 6.45) is 0. The average Bonchev–Trinajstić information content (AvgIpc) is 2.64.